The third-order valence-corrected chi connectivity index (χ3v) is 4.67. The molecule has 2 rings (SSSR count). The minimum Gasteiger partial charge on any atom is -0.308 e. The Hall–Kier alpha value is -2.63. The second-order valence-corrected chi connectivity index (χ2v) is 6.09. The number of rotatable bonds is 4. The Morgan fingerprint density at radius 3 is 2.71 bits per heavy atom. The first kappa shape index (κ1) is 14.8. The molecule has 21 heavy (non-hydrogen) atoms. The van der Waals surface area contributed by atoms with Crippen LogP contribution in [-0.4, -0.2) is 20.4 Å². The van der Waals surface area contributed by atoms with E-state index >= 15 is 0 Å². The topological polar surface area (TPSA) is 112 Å². The Balaban J connectivity index is 2.50. The third-order valence-electron chi connectivity index (χ3n) is 2.90. The van der Waals surface area contributed by atoms with E-state index in [0.717, 1.165) is 4.31 Å². The Kier molecular flexibility index (Phi) is 4.07. The predicted molar refractivity (Wildman–Crippen MR) is 78.8 cm³/mol. The van der Waals surface area contributed by atoms with E-state index in [2.05, 4.69) is 10.4 Å². The SMILES string of the molecule is CN(c1ccccc1C#N)S(=O)(=O)c1ccnc(NN)c1. The van der Waals surface area contributed by atoms with Crippen molar-refractivity contribution in [3.63, 3.8) is 0 Å². The zero-order valence-corrected chi connectivity index (χ0v) is 12.0. The van der Waals surface area contributed by atoms with E-state index in [9.17, 15) is 8.42 Å². The quantitative estimate of drug-likeness (QED) is 0.645. The highest BCUT2D eigenvalue weighted by molar-refractivity contribution is 7.92. The predicted octanol–water partition coefficient (Wildman–Crippen LogP) is 1.06. The maximum absolute atomic E-state index is 12.6. The lowest BCUT2D eigenvalue weighted by Gasteiger charge is -2.20. The van der Waals surface area contributed by atoms with Gasteiger partial charge in [-0.1, -0.05) is 12.1 Å². The number of pyridine rings is 1. The van der Waals surface area contributed by atoms with Crippen LogP contribution in [0.15, 0.2) is 47.5 Å². The minimum absolute atomic E-state index is 0.0284. The minimum atomic E-state index is -3.81. The standard InChI is InChI=1S/C13H13N5O2S/c1-18(12-5-3-2-4-10(12)9-14)21(19,20)11-6-7-16-13(8-11)17-15/h2-8H,15H2,1H3,(H,16,17). The van der Waals surface area contributed by atoms with Gasteiger partial charge < -0.3 is 5.43 Å². The lowest BCUT2D eigenvalue weighted by Crippen LogP contribution is -2.27. The van der Waals surface area contributed by atoms with Crippen LogP contribution < -0.4 is 15.6 Å². The molecule has 0 radical (unpaired) electrons. The molecule has 2 aromatic rings. The van der Waals surface area contributed by atoms with Crippen LogP contribution in [0.4, 0.5) is 11.5 Å². The molecule has 0 aliphatic carbocycles. The number of nitriles is 1. The van der Waals surface area contributed by atoms with Gasteiger partial charge >= 0.3 is 0 Å². The largest absolute Gasteiger partial charge is 0.308 e. The highest BCUT2D eigenvalue weighted by Gasteiger charge is 2.23. The molecular weight excluding hydrogens is 290 g/mol. The molecule has 0 bridgehead atoms. The fourth-order valence-electron chi connectivity index (χ4n) is 1.78. The molecule has 108 valence electrons. The van der Waals surface area contributed by atoms with Gasteiger partial charge in [-0.2, -0.15) is 5.26 Å². The summed E-state index contributed by atoms with van der Waals surface area (Å²) in [6, 6.07) is 11.1. The number of hydrogen-bond acceptors (Lipinski definition) is 6. The van der Waals surface area contributed by atoms with E-state index in [0.29, 0.717) is 5.69 Å². The van der Waals surface area contributed by atoms with Crippen LogP contribution in [0.5, 0.6) is 0 Å². The van der Waals surface area contributed by atoms with E-state index in [1.54, 1.807) is 24.3 Å². The molecule has 0 saturated heterocycles. The van der Waals surface area contributed by atoms with Gasteiger partial charge in [-0.05, 0) is 18.2 Å². The number of hydrogen-bond donors (Lipinski definition) is 2. The van der Waals surface area contributed by atoms with Crippen molar-refractivity contribution in [2.75, 3.05) is 16.8 Å². The van der Waals surface area contributed by atoms with Gasteiger partial charge in [-0.15, -0.1) is 0 Å². The van der Waals surface area contributed by atoms with Crippen LogP contribution >= 0.6 is 0 Å². The van der Waals surface area contributed by atoms with E-state index in [4.69, 9.17) is 11.1 Å². The average molecular weight is 303 g/mol. The highest BCUT2D eigenvalue weighted by atomic mass is 32.2. The lowest BCUT2D eigenvalue weighted by atomic mass is 10.2. The molecule has 0 amide bonds. The zero-order valence-electron chi connectivity index (χ0n) is 11.2. The van der Waals surface area contributed by atoms with Crippen molar-refractivity contribution in [3.05, 3.63) is 48.2 Å². The summed E-state index contributed by atoms with van der Waals surface area (Å²) in [5, 5.41) is 9.08. The van der Waals surface area contributed by atoms with Crippen molar-refractivity contribution < 1.29 is 8.42 Å². The molecule has 1 aromatic carbocycles. The first-order chi connectivity index (χ1) is 10.0. The lowest BCUT2D eigenvalue weighted by molar-refractivity contribution is 0.594. The van der Waals surface area contributed by atoms with Gasteiger partial charge in [0.05, 0.1) is 16.1 Å². The molecule has 7 nitrogen and oxygen atoms in total. The van der Waals surface area contributed by atoms with Crippen molar-refractivity contribution in [3.8, 4) is 6.07 Å². The summed E-state index contributed by atoms with van der Waals surface area (Å²) in [6.45, 7) is 0. The van der Waals surface area contributed by atoms with Gasteiger partial charge in [-0.3, -0.25) is 4.31 Å². The second kappa shape index (κ2) is 5.78. The van der Waals surface area contributed by atoms with Crippen molar-refractivity contribution in [1.82, 2.24) is 4.98 Å². The van der Waals surface area contributed by atoms with Crippen molar-refractivity contribution in [2.45, 2.75) is 4.90 Å². The summed E-state index contributed by atoms with van der Waals surface area (Å²) < 4.78 is 26.2. The van der Waals surface area contributed by atoms with Crippen LogP contribution in [0.3, 0.4) is 0 Å². The molecule has 0 saturated carbocycles. The molecule has 0 unspecified atom stereocenters. The van der Waals surface area contributed by atoms with Gasteiger partial charge in [0.25, 0.3) is 10.0 Å². The molecule has 0 aliphatic rings. The number of nitrogens with zero attached hydrogens (tertiary/aromatic N) is 3. The second-order valence-electron chi connectivity index (χ2n) is 4.12. The monoisotopic (exact) mass is 303 g/mol. The van der Waals surface area contributed by atoms with Gasteiger partial charge in [0.2, 0.25) is 0 Å². The maximum Gasteiger partial charge on any atom is 0.264 e. The molecule has 0 aliphatic heterocycles. The Bertz CT molecular complexity index is 798. The molecule has 8 heteroatoms. The van der Waals surface area contributed by atoms with Crippen molar-refractivity contribution in [2.24, 2.45) is 5.84 Å². The highest BCUT2D eigenvalue weighted by Crippen LogP contribution is 2.25. The maximum atomic E-state index is 12.6. The number of benzene rings is 1. The molecule has 0 atom stereocenters. The van der Waals surface area contributed by atoms with Crippen LogP contribution in [0.1, 0.15) is 5.56 Å². The van der Waals surface area contributed by atoms with Crippen molar-refractivity contribution >= 4 is 21.5 Å². The normalized spacial score (nSPS) is 10.7. The number of nitrogens with two attached hydrogens (primary N) is 1. The van der Waals surface area contributed by atoms with Gasteiger partial charge in [0.15, 0.2) is 0 Å². The molecule has 0 spiro atoms. The van der Waals surface area contributed by atoms with E-state index in [-0.39, 0.29) is 16.3 Å². The first-order valence-corrected chi connectivity index (χ1v) is 7.35. The number of aromatic nitrogens is 1. The van der Waals surface area contributed by atoms with Gasteiger partial charge in [-0.25, -0.2) is 19.2 Å². The van der Waals surface area contributed by atoms with Crippen LogP contribution in [0, 0.1) is 11.3 Å². The van der Waals surface area contributed by atoms with E-state index < -0.39 is 10.0 Å². The van der Waals surface area contributed by atoms with Crippen LogP contribution in [-0.2, 0) is 10.0 Å². The van der Waals surface area contributed by atoms with Gasteiger partial charge in [0.1, 0.15) is 11.9 Å². The van der Waals surface area contributed by atoms with E-state index in [1.165, 1.54) is 25.4 Å². The Morgan fingerprint density at radius 1 is 1.33 bits per heavy atom. The smallest absolute Gasteiger partial charge is 0.264 e. The summed E-state index contributed by atoms with van der Waals surface area (Å²) in [6.07, 6.45) is 1.34. The number of hydrazine groups is 1. The molecule has 3 N–H and O–H groups in total. The van der Waals surface area contributed by atoms with Gasteiger partial charge in [0, 0.05) is 19.3 Å². The molecular formula is C13H13N5O2S. The average Bonchev–Trinajstić information content (AvgIpc) is 2.54. The number of nitrogens with one attached hydrogen (secondary N) is 1. The van der Waals surface area contributed by atoms with Crippen LogP contribution in [0.2, 0.25) is 0 Å². The fraction of sp³-hybridized carbons (Fsp3) is 0.0769. The summed E-state index contributed by atoms with van der Waals surface area (Å²) in [4.78, 5) is 3.89. The Morgan fingerprint density at radius 2 is 2.05 bits per heavy atom. The molecule has 1 heterocycles. The number of anilines is 2. The fourth-order valence-corrected chi connectivity index (χ4v) is 3.01. The van der Waals surface area contributed by atoms with Crippen LogP contribution in [0.25, 0.3) is 0 Å². The van der Waals surface area contributed by atoms with Crippen molar-refractivity contribution in [1.29, 1.82) is 5.26 Å². The zero-order chi connectivity index (χ0) is 15.5. The number of para-hydroxylation sites is 1. The third kappa shape index (κ3) is 2.79. The van der Waals surface area contributed by atoms with E-state index in [1.807, 2.05) is 6.07 Å². The summed E-state index contributed by atoms with van der Waals surface area (Å²) in [5.41, 5.74) is 2.87. The summed E-state index contributed by atoms with van der Waals surface area (Å²) in [7, 11) is -2.42. The summed E-state index contributed by atoms with van der Waals surface area (Å²) >= 11 is 0. The number of nitrogen functional groups attached to an aromatic ring is 1. The first-order valence-electron chi connectivity index (χ1n) is 5.91. The summed E-state index contributed by atoms with van der Waals surface area (Å²) in [5.74, 6) is 5.47. The number of sulfonamides is 1. The molecule has 1 aromatic heterocycles. The molecule has 0 fully saturated rings. The Labute approximate surface area is 122 Å².